The minimum atomic E-state index is -3.83. The molecule has 2 saturated heterocycles. The van der Waals surface area contributed by atoms with Gasteiger partial charge in [0, 0.05) is 12.6 Å². The number of rotatable bonds is 6. The van der Waals surface area contributed by atoms with Crippen molar-refractivity contribution < 1.29 is 17.2 Å². The van der Waals surface area contributed by atoms with Crippen molar-refractivity contribution in [3.8, 4) is 0 Å². The molecule has 0 aliphatic carbocycles. The summed E-state index contributed by atoms with van der Waals surface area (Å²) in [5, 5.41) is 3.76. The van der Waals surface area contributed by atoms with Gasteiger partial charge < -0.3 is 4.90 Å². The SMILES string of the molecule is Cc1nn(C(F)F)c(C)c1S(=O)(=O)N1CCCCC1CCN1CCCC1. The minimum Gasteiger partial charge on any atom is -0.303 e. The minimum absolute atomic E-state index is 0.0152. The molecule has 0 N–H and O–H groups in total. The van der Waals surface area contributed by atoms with E-state index >= 15 is 0 Å². The van der Waals surface area contributed by atoms with Crippen LogP contribution in [0.2, 0.25) is 0 Å². The molecule has 1 unspecified atom stereocenters. The summed E-state index contributed by atoms with van der Waals surface area (Å²) < 4.78 is 54.8. The lowest BCUT2D eigenvalue weighted by atomic mass is 10.0. The maximum Gasteiger partial charge on any atom is 0.333 e. The number of halogens is 2. The van der Waals surface area contributed by atoms with Gasteiger partial charge in [-0.25, -0.2) is 13.1 Å². The first-order valence-electron chi connectivity index (χ1n) is 9.40. The highest BCUT2D eigenvalue weighted by Crippen LogP contribution is 2.31. The van der Waals surface area contributed by atoms with E-state index in [9.17, 15) is 17.2 Å². The number of likely N-dealkylation sites (tertiary alicyclic amines) is 1. The summed E-state index contributed by atoms with van der Waals surface area (Å²) >= 11 is 0. The lowest BCUT2D eigenvalue weighted by molar-refractivity contribution is 0.0538. The molecule has 0 radical (unpaired) electrons. The molecular weight excluding hydrogens is 362 g/mol. The molecular formula is C17H28F2N4O2S. The van der Waals surface area contributed by atoms with Gasteiger partial charge >= 0.3 is 6.55 Å². The molecule has 3 rings (SSSR count). The van der Waals surface area contributed by atoms with Gasteiger partial charge in [0.2, 0.25) is 10.0 Å². The predicted octanol–water partition coefficient (Wildman–Crippen LogP) is 2.92. The standard InChI is InChI=1S/C17H28F2N4O2S/c1-13-16(14(2)23(20-13)17(18)19)26(24,25)22-11-4-3-7-15(22)8-12-21-9-5-6-10-21/h15,17H,3-12H2,1-2H3. The zero-order valence-electron chi connectivity index (χ0n) is 15.5. The molecule has 148 valence electrons. The van der Waals surface area contributed by atoms with Gasteiger partial charge in [-0.1, -0.05) is 6.42 Å². The van der Waals surface area contributed by atoms with Crippen LogP contribution in [0.25, 0.3) is 0 Å². The molecule has 0 bridgehead atoms. The van der Waals surface area contributed by atoms with Crippen LogP contribution >= 0.6 is 0 Å². The molecule has 26 heavy (non-hydrogen) atoms. The summed E-state index contributed by atoms with van der Waals surface area (Å²) in [6.07, 6.45) is 5.84. The molecule has 3 heterocycles. The highest BCUT2D eigenvalue weighted by molar-refractivity contribution is 7.89. The van der Waals surface area contributed by atoms with Gasteiger partial charge in [-0.3, -0.25) is 0 Å². The van der Waals surface area contributed by atoms with Crippen molar-refractivity contribution in [3.05, 3.63) is 11.4 Å². The Kier molecular flexibility index (Phi) is 5.98. The van der Waals surface area contributed by atoms with Crippen LogP contribution in [0.3, 0.4) is 0 Å². The van der Waals surface area contributed by atoms with Crippen molar-refractivity contribution in [3.63, 3.8) is 0 Å². The number of hydrogen-bond acceptors (Lipinski definition) is 4. The zero-order valence-corrected chi connectivity index (χ0v) is 16.3. The molecule has 2 aliphatic rings. The summed E-state index contributed by atoms with van der Waals surface area (Å²) in [5.74, 6) is 0. The van der Waals surface area contributed by atoms with Crippen molar-refractivity contribution in [1.29, 1.82) is 0 Å². The fourth-order valence-electron chi connectivity index (χ4n) is 4.25. The second kappa shape index (κ2) is 7.90. The smallest absolute Gasteiger partial charge is 0.303 e. The van der Waals surface area contributed by atoms with E-state index in [0.717, 1.165) is 45.3 Å². The van der Waals surface area contributed by atoms with Crippen molar-refractivity contribution in [2.24, 2.45) is 0 Å². The van der Waals surface area contributed by atoms with E-state index in [4.69, 9.17) is 0 Å². The molecule has 6 nitrogen and oxygen atoms in total. The van der Waals surface area contributed by atoms with E-state index in [2.05, 4.69) is 10.00 Å². The first kappa shape index (κ1) is 19.7. The van der Waals surface area contributed by atoms with Crippen LogP contribution in [0.5, 0.6) is 0 Å². The van der Waals surface area contributed by atoms with E-state index in [1.165, 1.54) is 26.7 Å². The third-order valence-electron chi connectivity index (χ3n) is 5.56. The molecule has 0 spiro atoms. The highest BCUT2D eigenvalue weighted by Gasteiger charge is 2.37. The summed E-state index contributed by atoms with van der Waals surface area (Å²) in [5.41, 5.74) is 0.160. The Bertz CT molecular complexity index is 729. The molecule has 2 fully saturated rings. The number of aryl methyl sites for hydroxylation is 1. The zero-order chi connectivity index (χ0) is 18.9. The van der Waals surface area contributed by atoms with Crippen LogP contribution in [0, 0.1) is 13.8 Å². The summed E-state index contributed by atoms with van der Waals surface area (Å²) in [6.45, 7) is 3.56. The van der Waals surface area contributed by atoms with E-state index < -0.39 is 16.6 Å². The van der Waals surface area contributed by atoms with Crippen molar-refractivity contribution >= 4 is 10.0 Å². The number of sulfonamides is 1. The molecule has 0 aromatic carbocycles. The van der Waals surface area contributed by atoms with E-state index in [1.807, 2.05) is 0 Å². The van der Waals surface area contributed by atoms with E-state index in [1.54, 1.807) is 4.31 Å². The molecule has 2 aliphatic heterocycles. The van der Waals surface area contributed by atoms with Crippen LogP contribution in [0.15, 0.2) is 4.90 Å². The van der Waals surface area contributed by atoms with E-state index in [0.29, 0.717) is 11.2 Å². The Morgan fingerprint density at radius 1 is 1.12 bits per heavy atom. The van der Waals surface area contributed by atoms with Crippen molar-refractivity contribution in [1.82, 2.24) is 19.0 Å². The lowest BCUT2D eigenvalue weighted by Gasteiger charge is -2.35. The quantitative estimate of drug-likeness (QED) is 0.749. The van der Waals surface area contributed by atoms with Gasteiger partial charge in [-0.2, -0.15) is 18.2 Å². The average molecular weight is 391 g/mol. The maximum absolute atomic E-state index is 13.3. The van der Waals surface area contributed by atoms with Gasteiger partial charge in [-0.05, 0) is 65.6 Å². The fraction of sp³-hybridized carbons (Fsp3) is 0.824. The largest absolute Gasteiger partial charge is 0.333 e. The Labute approximate surface area is 154 Å². The Balaban J connectivity index is 1.84. The highest BCUT2D eigenvalue weighted by atomic mass is 32.2. The van der Waals surface area contributed by atoms with Crippen molar-refractivity contribution in [2.45, 2.75) is 69.9 Å². The van der Waals surface area contributed by atoms with Crippen LogP contribution in [-0.4, -0.2) is 59.6 Å². The molecule has 1 aromatic rings. The third kappa shape index (κ3) is 3.80. The van der Waals surface area contributed by atoms with E-state index in [-0.39, 0.29) is 22.3 Å². The Morgan fingerprint density at radius 2 is 1.77 bits per heavy atom. The average Bonchev–Trinajstić information content (AvgIpc) is 3.21. The maximum atomic E-state index is 13.3. The topological polar surface area (TPSA) is 58.4 Å². The summed E-state index contributed by atoms with van der Waals surface area (Å²) in [7, 11) is -3.83. The Morgan fingerprint density at radius 3 is 2.38 bits per heavy atom. The Hall–Kier alpha value is -1.06. The number of aromatic nitrogens is 2. The second-order valence-electron chi connectivity index (χ2n) is 7.32. The van der Waals surface area contributed by atoms with Crippen LogP contribution in [0.4, 0.5) is 8.78 Å². The third-order valence-corrected chi connectivity index (χ3v) is 7.77. The molecule has 0 saturated carbocycles. The number of hydrogen-bond donors (Lipinski definition) is 0. The normalized spacial score (nSPS) is 23.2. The van der Waals surface area contributed by atoms with Gasteiger partial charge in [-0.15, -0.1) is 0 Å². The van der Waals surface area contributed by atoms with Crippen LogP contribution < -0.4 is 0 Å². The molecule has 1 aromatic heterocycles. The summed E-state index contributed by atoms with van der Waals surface area (Å²) in [4.78, 5) is 2.33. The molecule has 9 heteroatoms. The van der Waals surface area contributed by atoms with Crippen molar-refractivity contribution in [2.75, 3.05) is 26.2 Å². The van der Waals surface area contributed by atoms with Gasteiger partial charge in [0.05, 0.1) is 11.4 Å². The van der Waals surface area contributed by atoms with Crippen LogP contribution in [0.1, 0.15) is 56.5 Å². The number of piperidine rings is 1. The first-order chi connectivity index (χ1) is 12.3. The summed E-state index contributed by atoms with van der Waals surface area (Å²) in [6, 6.07) is -0.0666. The van der Waals surface area contributed by atoms with Gasteiger partial charge in [0.15, 0.2) is 0 Å². The number of alkyl halides is 2. The van der Waals surface area contributed by atoms with Crippen LogP contribution in [-0.2, 0) is 10.0 Å². The monoisotopic (exact) mass is 390 g/mol. The first-order valence-corrected chi connectivity index (χ1v) is 10.8. The van der Waals surface area contributed by atoms with Gasteiger partial charge in [0.25, 0.3) is 0 Å². The molecule has 1 atom stereocenters. The van der Waals surface area contributed by atoms with Gasteiger partial charge in [0.1, 0.15) is 4.90 Å². The second-order valence-corrected chi connectivity index (χ2v) is 9.15. The number of nitrogens with zero attached hydrogens (tertiary/aromatic N) is 4. The molecule has 0 amide bonds. The predicted molar refractivity (Wildman–Crippen MR) is 94.8 cm³/mol. The fourth-order valence-corrected chi connectivity index (χ4v) is 6.33. The lowest BCUT2D eigenvalue weighted by Crippen LogP contribution is -2.45.